The zero-order chi connectivity index (χ0) is 15.1. The Hall–Kier alpha value is -1.46. The summed E-state index contributed by atoms with van der Waals surface area (Å²) < 4.78 is 19.3. The number of carbonyl (C=O) groups excluding carboxylic acids is 1. The Balaban J connectivity index is 1.70. The third kappa shape index (κ3) is 5.10. The molecule has 1 aromatic carbocycles. The summed E-state index contributed by atoms with van der Waals surface area (Å²) in [6.45, 7) is 4.15. The molecule has 1 amide bonds. The van der Waals surface area contributed by atoms with Crippen LogP contribution in [0, 0.1) is 5.82 Å². The van der Waals surface area contributed by atoms with Gasteiger partial charge in [0.1, 0.15) is 5.82 Å². The average Bonchev–Trinajstić information content (AvgIpc) is 2.48. The van der Waals surface area contributed by atoms with Crippen molar-refractivity contribution in [3.8, 4) is 0 Å². The molecular weight excluding hydrogens is 271 g/mol. The van der Waals surface area contributed by atoms with Gasteiger partial charge < -0.3 is 15.4 Å². The van der Waals surface area contributed by atoms with E-state index in [1.54, 1.807) is 25.1 Å². The Morgan fingerprint density at radius 2 is 2.14 bits per heavy atom. The van der Waals surface area contributed by atoms with E-state index in [1.165, 1.54) is 6.07 Å². The monoisotopic (exact) mass is 294 g/mol. The van der Waals surface area contributed by atoms with Crippen LogP contribution in [0.4, 0.5) is 4.39 Å². The molecule has 2 rings (SSSR count). The largest absolute Gasteiger partial charge is 0.378 e. The van der Waals surface area contributed by atoms with Crippen LogP contribution in [-0.4, -0.2) is 31.7 Å². The molecule has 0 spiro atoms. The summed E-state index contributed by atoms with van der Waals surface area (Å²) in [5, 5.41) is 6.07. The maximum absolute atomic E-state index is 13.6. The normalized spacial score (nSPS) is 17.4. The Kier molecular flexibility index (Phi) is 6.14. The third-order valence-electron chi connectivity index (χ3n) is 3.72. The number of benzene rings is 1. The van der Waals surface area contributed by atoms with E-state index in [-0.39, 0.29) is 23.9 Å². The summed E-state index contributed by atoms with van der Waals surface area (Å²) in [6, 6.07) is 6.16. The topological polar surface area (TPSA) is 50.4 Å². The first-order valence-electron chi connectivity index (χ1n) is 7.53. The predicted octanol–water partition coefficient (Wildman–Crippen LogP) is 2.16. The number of carbonyl (C=O) groups is 1. The lowest BCUT2D eigenvalue weighted by atomic mass is 10.1. The van der Waals surface area contributed by atoms with Crippen LogP contribution < -0.4 is 10.6 Å². The maximum atomic E-state index is 13.6. The van der Waals surface area contributed by atoms with Gasteiger partial charge in [0.15, 0.2) is 0 Å². The van der Waals surface area contributed by atoms with Gasteiger partial charge >= 0.3 is 0 Å². The van der Waals surface area contributed by atoms with E-state index in [9.17, 15) is 9.18 Å². The number of hydrogen-bond donors (Lipinski definition) is 2. The molecule has 1 saturated heterocycles. The fourth-order valence-electron chi connectivity index (χ4n) is 2.50. The van der Waals surface area contributed by atoms with Crippen LogP contribution in [0.15, 0.2) is 24.3 Å². The number of piperidine rings is 1. The summed E-state index contributed by atoms with van der Waals surface area (Å²) in [7, 11) is 0. The smallest absolute Gasteiger partial charge is 0.222 e. The van der Waals surface area contributed by atoms with E-state index < -0.39 is 0 Å². The van der Waals surface area contributed by atoms with Crippen molar-refractivity contribution in [3.63, 3.8) is 0 Å². The molecule has 0 aliphatic carbocycles. The van der Waals surface area contributed by atoms with E-state index in [1.807, 2.05) is 0 Å². The highest BCUT2D eigenvalue weighted by molar-refractivity contribution is 5.76. The Labute approximate surface area is 125 Å². The highest BCUT2D eigenvalue weighted by atomic mass is 19.1. The zero-order valence-corrected chi connectivity index (χ0v) is 12.4. The molecule has 4 nitrogen and oxygen atoms in total. The lowest BCUT2D eigenvalue weighted by Crippen LogP contribution is -2.33. The Bertz CT molecular complexity index is 461. The van der Waals surface area contributed by atoms with Crippen LogP contribution in [0.1, 0.15) is 37.8 Å². The fraction of sp³-hybridized carbons (Fsp3) is 0.562. The van der Waals surface area contributed by atoms with Crippen molar-refractivity contribution in [2.24, 2.45) is 0 Å². The standard InChI is InChI=1S/C16H23FN2O2/c1-12(14-4-2-3-5-15(14)17)19-16(20)8-11-21-13-6-9-18-10-7-13/h2-5,12-13,18H,6-11H2,1H3,(H,19,20). The molecule has 21 heavy (non-hydrogen) atoms. The van der Waals surface area contributed by atoms with Crippen molar-refractivity contribution in [2.45, 2.75) is 38.3 Å². The quantitative estimate of drug-likeness (QED) is 0.845. The minimum atomic E-state index is -0.336. The van der Waals surface area contributed by atoms with Gasteiger partial charge in [-0.3, -0.25) is 4.79 Å². The minimum absolute atomic E-state index is 0.111. The molecule has 1 fully saturated rings. The van der Waals surface area contributed by atoms with Crippen LogP contribution in [0.3, 0.4) is 0 Å². The molecule has 1 aromatic rings. The number of rotatable bonds is 6. The van der Waals surface area contributed by atoms with Crippen LogP contribution in [-0.2, 0) is 9.53 Å². The first-order chi connectivity index (χ1) is 10.2. The van der Waals surface area contributed by atoms with E-state index in [0.29, 0.717) is 18.6 Å². The molecule has 1 heterocycles. The molecule has 1 unspecified atom stereocenters. The number of ether oxygens (including phenoxy) is 1. The molecular formula is C16H23FN2O2. The van der Waals surface area contributed by atoms with Crippen LogP contribution in [0.25, 0.3) is 0 Å². The summed E-state index contributed by atoms with van der Waals surface area (Å²) >= 11 is 0. The fourth-order valence-corrected chi connectivity index (χ4v) is 2.50. The van der Waals surface area contributed by atoms with Gasteiger partial charge in [0, 0.05) is 12.0 Å². The van der Waals surface area contributed by atoms with Gasteiger partial charge in [0.05, 0.1) is 18.8 Å². The Morgan fingerprint density at radius 3 is 2.86 bits per heavy atom. The van der Waals surface area contributed by atoms with Crippen molar-refractivity contribution < 1.29 is 13.9 Å². The first-order valence-corrected chi connectivity index (χ1v) is 7.53. The summed E-state index contributed by atoms with van der Waals surface area (Å²) in [4.78, 5) is 11.9. The van der Waals surface area contributed by atoms with E-state index in [0.717, 1.165) is 25.9 Å². The molecule has 5 heteroatoms. The minimum Gasteiger partial charge on any atom is -0.378 e. The third-order valence-corrected chi connectivity index (χ3v) is 3.72. The van der Waals surface area contributed by atoms with Crippen molar-refractivity contribution in [3.05, 3.63) is 35.6 Å². The van der Waals surface area contributed by atoms with Gasteiger partial charge in [-0.05, 0) is 38.9 Å². The molecule has 1 aliphatic heterocycles. The van der Waals surface area contributed by atoms with Gasteiger partial charge in [0.2, 0.25) is 5.91 Å². The van der Waals surface area contributed by atoms with Crippen molar-refractivity contribution in [1.29, 1.82) is 0 Å². The zero-order valence-electron chi connectivity index (χ0n) is 12.4. The van der Waals surface area contributed by atoms with E-state index in [4.69, 9.17) is 4.74 Å². The van der Waals surface area contributed by atoms with Crippen LogP contribution >= 0.6 is 0 Å². The molecule has 1 atom stereocenters. The molecule has 0 bridgehead atoms. The summed E-state index contributed by atoms with van der Waals surface area (Å²) in [6.07, 6.45) is 2.55. The number of halogens is 1. The second-order valence-corrected chi connectivity index (χ2v) is 5.38. The SMILES string of the molecule is CC(NC(=O)CCOC1CCNCC1)c1ccccc1F. The first kappa shape index (κ1) is 15.9. The maximum Gasteiger partial charge on any atom is 0.222 e. The van der Waals surface area contributed by atoms with Crippen molar-refractivity contribution in [1.82, 2.24) is 10.6 Å². The van der Waals surface area contributed by atoms with Crippen molar-refractivity contribution in [2.75, 3.05) is 19.7 Å². The number of amides is 1. The molecule has 0 aromatic heterocycles. The molecule has 2 N–H and O–H groups in total. The second kappa shape index (κ2) is 8.10. The van der Waals surface area contributed by atoms with Gasteiger partial charge in [-0.1, -0.05) is 18.2 Å². The van der Waals surface area contributed by atoms with E-state index >= 15 is 0 Å². The van der Waals surface area contributed by atoms with E-state index in [2.05, 4.69) is 10.6 Å². The van der Waals surface area contributed by atoms with Gasteiger partial charge in [-0.2, -0.15) is 0 Å². The summed E-state index contributed by atoms with van der Waals surface area (Å²) in [5.74, 6) is -0.407. The van der Waals surface area contributed by atoms with Crippen LogP contribution in [0.5, 0.6) is 0 Å². The summed E-state index contributed by atoms with van der Waals surface area (Å²) in [5.41, 5.74) is 0.505. The van der Waals surface area contributed by atoms with Gasteiger partial charge in [-0.25, -0.2) is 4.39 Å². The molecule has 0 saturated carbocycles. The molecule has 0 radical (unpaired) electrons. The molecule has 1 aliphatic rings. The van der Waals surface area contributed by atoms with Crippen molar-refractivity contribution >= 4 is 5.91 Å². The lowest BCUT2D eigenvalue weighted by molar-refractivity contribution is -0.123. The number of hydrogen-bond acceptors (Lipinski definition) is 3. The predicted molar refractivity (Wildman–Crippen MR) is 79.4 cm³/mol. The number of nitrogens with one attached hydrogen (secondary N) is 2. The molecule has 116 valence electrons. The second-order valence-electron chi connectivity index (χ2n) is 5.38. The highest BCUT2D eigenvalue weighted by Crippen LogP contribution is 2.16. The van der Waals surface area contributed by atoms with Gasteiger partial charge in [0.25, 0.3) is 0 Å². The highest BCUT2D eigenvalue weighted by Gasteiger charge is 2.15. The lowest BCUT2D eigenvalue weighted by Gasteiger charge is -2.23. The Morgan fingerprint density at radius 1 is 1.43 bits per heavy atom. The average molecular weight is 294 g/mol. The van der Waals surface area contributed by atoms with Crippen LogP contribution in [0.2, 0.25) is 0 Å². The van der Waals surface area contributed by atoms with Gasteiger partial charge in [-0.15, -0.1) is 0 Å².